The third kappa shape index (κ3) is 6.33. The normalized spacial score (nSPS) is 12.0. The summed E-state index contributed by atoms with van der Waals surface area (Å²) in [6.45, 7) is 3.89. The lowest BCUT2D eigenvalue weighted by Gasteiger charge is -2.12. The van der Waals surface area contributed by atoms with Crippen molar-refractivity contribution in [1.82, 2.24) is 10.6 Å². The van der Waals surface area contributed by atoms with E-state index in [4.69, 9.17) is 16.7 Å². The fraction of sp³-hybridized carbons (Fsp3) is 0.278. The Kier molecular flexibility index (Phi) is 7.44. The van der Waals surface area contributed by atoms with Crippen molar-refractivity contribution in [1.29, 1.82) is 0 Å². The summed E-state index contributed by atoms with van der Waals surface area (Å²) in [5, 5.41) is 12.2. The zero-order valence-corrected chi connectivity index (χ0v) is 16.1. The van der Waals surface area contributed by atoms with Crippen molar-refractivity contribution >= 4 is 27.6 Å². The molecule has 8 heteroatoms. The van der Waals surface area contributed by atoms with Crippen LogP contribution in [0, 0.1) is 0 Å². The number of halogens is 1. The van der Waals surface area contributed by atoms with E-state index in [1.54, 1.807) is 12.1 Å². The molecule has 0 radical (unpaired) electrons. The van der Waals surface area contributed by atoms with Crippen LogP contribution in [0.15, 0.2) is 58.4 Å². The predicted molar refractivity (Wildman–Crippen MR) is 106 cm³/mol. The monoisotopic (exact) mass is 394 g/mol. The SMILES string of the molecule is CCNC(=NCc1ccccc1Cl)NCCc1ccc(S(N)(=O)=O)cc1. The maximum Gasteiger partial charge on any atom is 0.238 e. The van der Waals surface area contributed by atoms with Crippen molar-refractivity contribution < 1.29 is 8.42 Å². The van der Waals surface area contributed by atoms with Crippen LogP contribution >= 0.6 is 11.6 Å². The van der Waals surface area contributed by atoms with E-state index < -0.39 is 10.0 Å². The van der Waals surface area contributed by atoms with Gasteiger partial charge in [-0.15, -0.1) is 0 Å². The fourth-order valence-electron chi connectivity index (χ4n) is 2.30. The molecule has 0 aliphatic rings. The molecule has 2 aromatic rings. The first-order valence-corrected chi connectivity index (χ1v) is 10.2. The van der Waals surface area contributed by atoms with Gasteiger partial charge in [0.1, 0.15) is 0 Å². The van der Waals surface area contributed by atoms with Crippen LogP contribution in [0.25, 0.3) is 0 Å². The van der Waals surface area contributed by atoms with Gasteiger partial charge in [-0.2, -0.15) is 0 Å². The number of nitrogens with one attached hydrogen (secondary N) is 2. The minimum absolute atomic E-state index is 0.115. The van der Waals surface area contributed by atoms with E-state index in [1.165, 1.54) is 12.1 Å². The van der Waals surface area contributed by atoms with Crippen LogP contribution in [0.2, 0.25) is 5.02 Å². The summed E-state index contributed by atoms with van der Waals surface area (Å²) >= 11 is 6.15. The molecule has 0 heterocycles. The molecular formula is C18H23ClN4O2S. The first kappa shape index (κ1) is 20.2. The number of sulfonamides is 1. The van der Waals surface area contributed by atoms with Crippen LogP contribution in [0.1, 0.15) is 18.1 Å². The Labute approximate surface area is 159 Å². The highest BCUT2D eigenvalue weighted by atomic mass is 35.5. The number of hydrogen-bond acceptors (Lipinski definition) is 3. The highest BCUT2D eigenvalue weighted by Crippen LogP contribution is 2.15. The average Bonchev–Trinajstić information content (AvgIpc) is 2.60. The van der Waals surface area contributed by atoms with E-state index in [0.717, 1.165) is 24.1 Å². The average molecular weight is 395 g/mol. The molecule has 0 atom stereocenters. The van der Waals surface area contributed by atoms with Gasteiger partial charge >= 0.3 is 0 Å². The number of primary sulfonamides is 1. The molecule has 0 saturated carbocycles. The zero-order valence-electron chi connectivity index (χ0n) is 14.6. The van der Waals surface area contributed by atoms with Crippen molar-refractivity contribution in [3.63, 3.8) is 0 Å². The smallest absolute Gasteiger partial charge is 0.238 e. The van der Waals surface area contributed by atoms with Gasteiger partial charge in [0.05, 0.1) is 11.4 Å². The standard InChI is InChI=1S/C18H23ClN4O2S/c1-2-21-18(23-13-15-5-3-4-6-17(15)19)22-12-11-14-7-9-16(10-8-14)26(20,24)25/h3-10H,2,11-13H2,1H3,(H2,20,24,25)(H2,21,22,23). The van der Waals surface area contributed by atoms with Crippen molar-refractivity contribution in [3.8, 4) is 0 Å². The number of guanidine groups is 1. The van der Waals surface area contributed by atoms with Crippen LogP contribution in [-0.4, -0.2) is 27.5 Å². The molecule has 2 rings (SSSR count). The summed E-state index contributed by atoms with van der Waals surface area (Å²) in [5.41, 5.74) is 1.97. The van der Waals surface area contributed by atoms with Gasteiger partial charge in [-0.25, -0.2) is 18.5 Å². The number of nitrogens with two attached hydrogens (primary N) is 1. The Bertz CT molecular complexity index is 852. The van der Waals surface area contributed by atoms with Gasteiger partial charge in [-0.05, 0) is 42.7 Å². The predicted octanol–water partition coefficient (Wildman–Crippen LogP) is 2.29. The molecule has 4 N–H and O–H groups in total. The summed E-state index contributed by atoms with van der Waals surface area (Å²) in [4.78, 5) is 4.65. The minimum Gasteiger partial charge on any atom is -0.357 e. The number of benzene rings is 2. The fourth-order valence-corrected chi connectivity index (χ4v) is 3.01. The van der Waals surface area contributed by atoms with Gasteiger partial charge in [-0.3, -0.25) is 0 Å². The van der Waals surface area contributed by atoms with Gasteiger partial charge in [-0.1, -0.05) is 41.9 Å². The zero-order chi connectivity index (χ0) is 19.0. The van der Waals surface area contributed by atoms with Crippen LogP contribution in [0.5, 0.6) is 0 Å². The van der Waals surface area contributed by atoms with E-state index in [-0.39, 0.29) is 4.90 Å². The Balaban J connectivity index is 1.92. The summed E-state index contributed by atoms with van der Waals surface area (Å²) < 4.78 is 22.5. The van der Waals surface area contributed by atoms with Crippen molar-refractivity contribution in [2.45, 2.75) is 24.8 Å². The highest BCUT2D eigenvalue weighted by Gasteiger charge is 2.06. The van der Waals surface area contributed by atoms with E-state index >= 15 is 0 Å². The lowest BCUT2D eigenvalue weighted by Crippen LogP contribution is -2.38. The van der Waals surface area contributed by atoms with Crippen LogP contribution in [0.3, 0.4) is 0 Å². The molecule has 0 bridgehead atoms. The highest BCUT2D eigenvalue weighted by molar-refractivity contribution is 7.89. The second-order valence-corrected chi connectivity index (χ2v) is 7.62. The lowest BCUT2D eigenvalue weighted by atomic mass is 10.1. The maximum atomic E-state index is 11.3. The lowest BCUT2D eigenvalue weighted by molar-refractivity contribution is 0.598. The molecule has 0 fully saturated rings. The molecule has 140 valence electrons. The molecule has 0 aliphatic heterocycles. The van der Waals surface area contributed by atoms with E-state index in [9.17, 15) is 8.42 Å². The number of rotatable bonds is 7. The Morgan fingerprint density at radius 3 is 2.42 bits per heavy atom. The molecular weight excluding hydrogens is 372 g/mol. The number of hydrogen-bond donors (Lipinski definition) is 3. The molecule has 0 amide bonds. The van der Waals surface area contributed by atoms with Crippen LogP contribution < -0.4 is 15.8 Å². The van der Waals surface area contributed by atoms with Crippen LogP contribution in [-0.2, 0) is 23.0 Å². The Morgan fingerprint density at radius 1 is 1.12 bits per heavy atom. The molecule has 2 aromatic carbocycles. The van der Waals surface area contributed by atoms with Gasteiger partial charge < -0.3 is 10.6 Å². The number of nitrogens with zero attached hydrogens (tertiary/aromatic N) is 1. The second kappa shape index (κ2) is 9.56. The Morgan fingerprint density at radius 2 is 1.81 bits per heavy atom. The number of aliphatic imine (C=N–C) groups is 1. The quantitative estimate of drug-likeness (QED) is 0.495. The summed E-state index contributed by atoms with van der Waals surface area (Å²) in [6, 6.07) is 14.2. The van der Waals surface area contributed by atoms with E-state index in [0.29, 0.717) is 24.1 Å². The van der Waals surface area contributed by atoms with Gasteiger partial charge in [0.25, 0.3) is 0 Å². The first-order chi connectivity index (χ1) is 12.4. The molecule has 6 nitrogen and oxygen atoms in total. The van der Waals surface area contributed by atoms with Gasteiger partial charge in [0, 0.05) is 18.1 Å². The molecule has 0 unspecified atom stereocenters. The maximum absolute atomic E-state index is 11.3. The molecule has 26 heavy (non-hydrogen) atoms. The summed E-state index contributed by atoms with van der Waals surface area (Å²) in [6.07, 6.45) is 0.724. The third-order valence-corrected chi connectivity index (χ3v) is 4.97. The molecule has 0 aliphatic carbocycles. The minimum atomic E-state index is -3.65. The second-order valence-electron chi connectivity index (χ2n) is 5.65. The van der Waals surface area contributed by atoms with Crippen molar-refractivity contribution in [2.24, 2.45) is 10.1 Å². The topological polar surface area (TPSA) is 96.6 Å². The Hall–Kier alpha value is -2.09. The van der Waals surface area contributed by atoms with E-state index in [2.05, 4.69) is 15.6 Å². The summed E-state index contributed by atoms with van der Waals surface area (Å²) in [5.74, 6) is 0.702. The van der Waals surface area contributed by atoms with Crippen molar-refractivity contribution in [3.05, 3.63) is 64.7 Å². The van der Waals surface area contributed by atoms with Gasteiger partial charge in [0.2, 0.25) is 10.0 Å². The third-order valence-electron chi connectivity index (χ3n) is 3.67. The van der Waals surface area contributed by atoms with E-state index in [1.807, 2.05) is 31.2 Å². The molecule has 0 aromatic heterocycles. The van der Waals surface area contributed by atoms with Gasteiger partial charge in [0.15, 0.2) is 5.96 Å². The molecule has 0 spiro atoms. The molecule has 0 saturated heterocycles. The van der Waals surface area contributed by atoms with Crippen LogP contribution in [0.4, 0.5) is 0 Å². The van der Waals surface area contributed by atoms with Crippen molar-refractivity contribution in [2.75, 3.05) is 13.1 Å². The summed E-state index contributed by atoms with van der Waals surface area (Å²) in [7, 11) is -3.65. The largest absolute Gasteiger partial charge is 0.357 e. The first-order valence-electron chi connectivity index (χ1n) is 8.27.